The molecular formula is C32H47N4OP. The summed E-state index contributed by atoms with van der Waals surface area (Å²) in [5.74, 6) is 1.41. The summed E-state index contributed by atoms with van der Waals surface area (Å²) in [4.78, 5) is 5.15. The molecule has 1 N–H and O–H groups in total. The summed E-state index contributed by atoms with van der Waals surface area (Å²) < 4.78 is 9.09. The fourth-order valence-electron chi connectivity index (χ4n) is 6.60. The van der Waals surface area contributed by atoms with E-state index in [9.17, 15) is 0 Å². The molecule has 0 radical (unpaired) electrons. The van der Waals surface area contributed by atoms with Crippen molar-refractivity contribution >= 4 is 19.6 Å². The van der Waals surface area contributed by atoms with Gasteiger partial charge >= 0.3 is 0 Å². The quantitative estimate of drug-likeness (QED) is 0.264. The van der Waals surface area contributed by atoms with Gasteiger partial charge in [0.2, 0.25) is 5.95 Å². The highest BCUT2D eigenvalue weighted by Gasteiger charge is 2.33. The molecule has 2 aliphatic carbocycles. The Morgan fingerprint density at radius 3 is 2.18 bits per heavy atom. The zero-order chi connectivity index (χ0) is 26.5. The van der Waals surface area contributed by atoms with E-state index in [-0.39, 0.29) is 14.2 Å². The molecule has 2 heterocycles. The molecular weight excluding hydrogens is 487 g/mol. The van der Waals surface area contributed by atoms with Crippen molar-refractivity contribution < 1.29 is 4.52 Å². The van der Waals surface area contributed by atoms with Crippen LogP contribution in [0, 0.1) is 19.8 Å². The van der Waals surface area contributed by atoms with Crippen LogP contribution in [0.1, 0.15) is 95.7 Å². The summed E-state index contributed by atoms with van der Waals surface area (Å²) in [6.07, 6.45) is 14.9. The van der Waals surface area contributed by atoms with E-state index in [1.165, 1.54) is 69.8 Å². The maximum absolute atomic E-state index is 7.05. The van der Waals surface area contributed by atoms with Crippen molar-refractivity contribution in [1.82, 2.24) is 14.6 Å². The van der Waals surface area contributed by atoms with Gasteiger partial charge in [0.05, 0.1) is 23.9 Å². The summed E-state index contributed by atoms with van der Waals surface area (Å²) in [6, 6.07) is 12.9. The van der Waals surface area contributed by atoms with Crippen LogP contribution in [-0.2, 0) is 4.52 Å². The molecule has 2 aromatic heterocycles. The number of nitrogens with one attached hydrogen (secondary N) is 1. The first-order valence-corrected chi connectivity index (χ1v) is 16.5. The van der Waals surface area contributed by atoms with Crippen molar-refractivity contribution in [2.75, 3.05) is 11.9 Å². The first kappa shape index (κ1) is 27.6. The third-order valence-corrected chi connectivity index (χ3v) is 11.3. The maximum Gasteiger partial charge on any atom is 0.225 e. The number of hydrogen-bond acceptors (Lipinski definition) is 4. The summed E-state index contributed by atoms with van der Waals surface area (Å²) >= 11 is 0. The van der Waals surface area contributed by atoms with E-state index in [0.717, 1.165) is 52.8 Å². The van der Waals surface area contributed by atoms with Crippen LogP contribution >= 0.6 is 8.15 Å². The number of aromatic nitrogens is 3. The van der Waals surface area contributed by atoms with Crippen LogP contribution in [0.15, 0.2) is 36.4 Å². The normalized spacial score (nSPS) is 18.5. The lowest BCUT2D eigenvalue weighted by Gasteiger charge is -2.38. The van der Waals surface area contributed by atoms with Crippen molar-refractivity contribution in [1.29, 1.82) is 0 Å². The second-order valence-electron chi connectivity index (χ2n) is 12.1. The lowest BCUT2D eigenvalue weighted by Crippen LogP contribution is -2.30. The Morgan fingerprint density at radius 2 is 1.58 bits per heavy atom. The third kappa shape index (κ3) is 6.59. The Labute approximate surface area is 231 Å². The fourth-order valence-corrected chi connectivity index (χ4v) is 9.72. The summed E-state index contributed by atoms with van der Waals surface area (Å²) in [6.45, 7) is 9.61. The van der Waals surface area contributed by atoms with Crippen molar-refractivity contribution in [2.45, 2.75) is 116 Å². The van der Waals surface area contributed by atoms with Crippen molar-refractivity contribution in [3.8, 4) is 11.3 Å². The molecule has 0 spiro atoms. The molecule has 38 heavy (non-hydrogen) atoms. The van der Waals surface area contributed by atoms with E-state index < -0.39 is 0 Å². The van der Waals surface area contributed by atoms with Crippen LogP contribution < -0.4 is 5.32 Å². The Morgan fingerprint density at radius 1 is 0.947 bits per heavy atom. The first-order chi connectivity index (χ1) is 18.5. The van der Waals surface area contributed by atoms with Crippen LogP contribution in [0.5, 0.6) is 0 Å². The molecule has 1 atom stereocenters. The maximum atomic E-state index is 7.05. The number of aryl methyl sites for hydroxylation is 2. The molecule has 1 unspecified atom stereocenters. The fraction of sp³-hybridized carbons (Fsp3) is 0.625. The minimum absolute atomic E-state index is 0.212. The van der Waals surface area contributed by atoms with E-state index in [0.29, 0.717) is 5.92 Å². The number of anilines is 1. The van der Waals surface area contributed by atoms with Crippen LogP contribution in [0.25, 0.3) is 16.8 Å². The predicted octanol–water partition coefficient (Wildman–Crippen LogP) is 8.92. The first-order valence-electron chi connectivity index (χ1n) is 15.1. The molecule has 5 nitrogen and oxygen atoms in total. The number of hydrogen-bond donors (Lipinski definition) is 1. The summed E-state index contributed by atoms with van der Waals surface area (Å²) in [5, 5.41) is 8.75. The van der Waals surface area contributed by atoms with Gasteiger partial charge in [-0.1, -0.05) is 82.7 Å². The van der Waals surface area contributed by atoms with Crippen molar-refractivity contribution in [2.24, 2.45) is 5.92 Å². The molecule has 0 bridgehead atoms. The molecule has 3 aromatic rings. The van der Waals surface area contributed by atoms with Gasteiger partial charge in [0.1, 0.15) is 5.69 Å². The van der Waals surface area contributed by atoms with Crippen molar-refractivity contribution in [3.05, 3.63) is 47.7 Å². The highest BCUT2D eigenvalue weighted by atomic mass is 31.1. The second kappa shape index (κ2) is 12.9. The SMILES string of the molecule is Cc1cc(C)c2c(-c3ccccc3)nc(NC(COP(C3CCCCC3)C3CCCCC3)CC(C)C)n2n1. The van der Waals surface area contributed by atoms with Gasteiger partial charge in [-0.05, 0) is 63.5 Å². The summed E-state index contributed by atoms with van der Waals surface area (Å²) in [5.41, 5.74) is 7.00. The van der Waals surface area contributed by atoms with Gasteiger partial charge in [-0.3, -0.25) is 0 Å². The lowest BCUT2D eigenvalue weighted by molar-refractivity contribution is 0.288. The van der Waals surface area contributed by atoms with E-state index in [4.69, 9.17) is 14.6 Å². The number of benzene rings is 1. The topological polar surface area (TPSA) is 51.5 Å². The number of imidazole rings is 1. The number of fused-ring (bicyclic) bond motifs is 1. The van der Waals surface area contributed by atoms with Gasteiger partial charge in [0, 0.05) is 25.0 Å². The second-order valence-corrected chi connectivity index (χ2v) is 14.5. The predicted molar refractivity (Wildman–Crippen MR) is 161 cm³/mol. The molecule has 206 valence electrons. The van der Waals surface area contributed by atoms with E-state index in [1.54, 1.807) is 0 Å². The van der Waals surface area contributed by atoms with Crippen LogP contribution in [0.4, 0.5) is 5.95 Å². The smallest absolute Gasteiger partial charge is 0.225 e. The largest absolute Gasteiger partial charge is 0.357 e. The average Bonchev–Trinajstić information content (AvgIpc) is 3.28. The van der Waals surface area contributed by atoms with E-state index >= 15 is 0 Å². The van der Waals surface area contributed by atoms with Gasteiger partial charge in [0.15, 0.2) is 0 Å². The Balaban J connectivity index is 1.41. The molecule has 6 heteroatoms. The van der Waals surface area contributed by atoms with Gasteiger partial charge in [0.25, 0.3) is 0 Å². The molecule has 2 saturated carbocycles. The molecule has 1 aromatic carbocycles. The van der Waals surface area contributed by atoms with E-state index in [1.807, 2.05) is 4.52 Å². The Kier molecular flexibility index (Phi) is 9.38. The van der Waals surface area contributed by atoms with Crippen LogP contribution in [-0.4, -0.2) is 38.6 Å². The lowest BCUT2D eigenvalue weighted by atomic mass is 10.00. The standard InChI is InChI=1S/C32H47N4OP/c1-23(2)20-27(22-37-38(28-16-10-6-11-17-28)29-18-12-7-13-19-29)33-32-34-30(26-14-8-5-9-15-26)31-24(3)21-25(4)35-36(31)32/h5,8-9,14-15,21,23,27-29H,6-7,10-13,16-20,22H2,1-4H3,(H,33,34). The summed E-state index contributed by atoms with van der Waals surface area (Å²) in [7, 11) is -0.388. The zero-order valence-electron chi connectivity index (χ0n) is 24.0. The Bertz CT molecular complexity index is 1150. The minimum Gasteiger partial charge on any atom is -0.357 e. The number of nitrogens with zero attached hydrogens (tertiary/aromatic N) is 3. The molecule has 0 amide bonds. The van der Waals surface area contributed by atoms with Gasteiger partial charge in [-0.25, -0.2) is 4.98 Å². The van der Waals surface area contributed by atoms with Gasteiger partial charge < -0.3 is 9.84 Å². The molecule has 0 saturated heterocycles. The molecule has 2 aliphatic rings. The monoisotopic (exact) mass is 534 g/mol. The number of rotatable bonds is 10. The van der Waals surface area contributed by atoms with Gasteiger partial charge in [-0.15, -0.1) is 0 Å². The highest BCUT2D eigenvalue weighted by Crippen LogP contribution is 2.56. The van der Waals surface area contributed by atoms with Gasteiger partial charge in [-0.2, -0.15) is 9.61 Å². The molecule has 2 fully saturated rings. The Hall–Kier alpha value is -1.97. The molecule has 5 rings (SSSR count). The highest BCUT2D eigenvalue weighted by molar-refractivity contribution is 7.54. The van der Waals surface area contributed by atoms with Crippen molar-refractivity contribution in [3.63, 3.8) is 0 Å². The minimum atomic E-state index is -0.388. The zero-order valence-corrected chi connectivity index (χ0v) is 24.9. The van der Waals surface area contributed by atoms with Crippen LogP contribution in [0.3, 0.4) is 0 Å². The third-order valence-electron chi connectivity index (χ3n) is 8.34. The van der Waals surface area contributed by atoms with Crippen LogP contribution in [0.2, 0.25) is 0 Å². The van der Waals surface area contributed by atoms with E-state index in [2.05, 4.69) is 69.4 Å². The molecule has 0 aliphatic heterocycles. The average molecular weight is 535 g/mol.